The molecule has 71 heavy (non-hydrogen) atoms. The van der Waals surface area contributed by atoms with Gasteiger partial charge < -0.3 is 47.5 Å². The Morgan fingerprint density at radius 2 is 1.21 bits per heavy atom. The number of esters is 2. The molecule has 14 nitrogen and oxygen atoms in total. The van der Waals surface area contributed by atoms with Crippen molar-refractivity contribution in [1.82, 2.24) is 9.80 Å². The molecule has 18 heteroatoms. The molecule has 0 spiro atoms. The van der Waals surface area contributed by atoms with Gasteiger partial charge in [-0.05, 0) is 127 Å². The maximum atomic E-state index is 14.0. The number of hydrogen-bond acceptors (Lipinski definition) is 12. The third kappa shape index (κ3) is 12.1. The van der Waals surface area contributed by atoms with Crippen molar-refractivity contribution >= 4 is 56.9 Å². The number of benzene rings is 2. The standard InChI is InChI=1S/C26H37NO6Si.C20H29NO5Si.C6H9.CH2O.ClH.Zn/c1-25-21(15-16-34(4,5)33-25)23(29)27(17-18-11-13-20(31-2)14-12-18)26(25,24(30)32-3)22(28)19-9-7-6-8-10-19;1-19(18(23)25-4)20(2)16(11-12-27(5,6)26-20)17(22)21(19)13-14-7-9-15(24-3)10-8-14;1-2-4-6-5-3-1;1-2;;/h7,9,11-14,19,21-22,28H,6,8,10,15-17H2,1-5H3;7-10,16H,11-13H2,1-6H3;1-3H,4-6H2;1H2;1H;/q;;-1;;;+2/p-1/t19-,21+,22+,25+,26+;16-,19+,20-;;;;/m10..../s1. The zero-order valence-corrected chi connectivity index (χ0v) is 49.6. The van der Waals surface area contributed by atoms with E-state index in [0.29, 0.717) is 18.7 Å². The molecule has 0 bridgehead atoms. The number of amides is 2. The normalized spacial score (nSPS) is 30.0. The van der Waals surface area contributed by atoms with Crippen LogP contribution < -0.4 is 9.47 Å². The fourth-order valence-electron chi connectivity index (χ4n) is 11.6. The topological polar surface area (TPSA) is 167 Å². The van der Waals surface area contributed by atoms with Gasteiger partial charge in [0.15, 0.2) is 27.7 Å². The average molecular weight is 1090 g/mol. The van der Waals surface area contributed by atoms with Crippen molar-refractivity contribution in [3.8, 4) is 11.5 Å². The van der Waals surface area contributed by atoms with Crippen molar-refractivity contribution in [2.75, 3.05) is 28.4 Å². The second kappa shape index (κ2) is 25.4. The quantitative estimate of drug-likeness (QED) is 0.104. The summed E-state index contributed by atoms with van der Waals surface area (Å²) in [5.74, 6) is -0.909. The summed E-state index contributed by atoms with van der Waals surface area (Å²) in [5.41, 5.74) is -3.14. The van der Waals surface area contributed by atoms with Crippen LogP contribution in [0.5, 0.6) is 11.5 Å². The van der Waals surface area contributed by atoms with Gasteiger partial charge in [-0.3, -0.25) is 9.59 Å². The van der Waals surface area contributed by atoms with Gasteiger partial charge in [0, 0.05) is 19.0 Å². The summed E-state index contributed by atoms with van der Waals surface area (Å²) in [7, 11) is 6.52. The SMILES string of the molecule is C1=CCCC[CH-]1.C=O.COC(=O)[C@@]1(C)N(Cc2ccc(OC)cc2)C(=O)[C@@H]2CC[Si](C)(C)O[C@@]21C.COC(=O)[C@]1([C@@H](O)[C@@H]2C=CCCC2)N(Cc2ccc(OC)cc2)C(=O)[C@@H]2CC[Si](C)(C)O[C@@]21C.[Cl][Zn+]. The summed E-state index contributed by atoms with van der Waals surface area (Å²) in [4.78, 5) is 65.4. The van der Waals surface area contributed by atoms with E-state index in [4.69, 9.17) is 42.3 Å². The van der Waals surface area contributed by atoms with Crippen LogP contribution in [-0.4, -0.2) is 119 Å². The van der Waals surface area contributed by atoms with Crippen LogP contribution in [0.25, 0.3) is 0 Å². The van der Waals surface area contributed by atoms with Crippen molar-refractivity contribution in [3.05, 3.63) is 90.4 Å². The first kappa shape index (κ1) is 59.7. The summed E-state index contributed by atoms with van der Waals surface area (Å²) in [6.45, 7) is 16.6. The predicted molar refractivity (Wildman–Crippen MR) is 275 cm³/mol. The summed E-state index contributed by atoms with van der Waals surface area (Å²) >= 11 is 0.847. The van der Waals surface area contributed by atoms with E-state index in [-0.39, 0.29) is 30.2 Å². The van der Waals surface area contributed by atoms with Crippen LogP contribution in [-0.2, 0) is 72.7 Å². The van der Waals surface area contributed by atoms with Gasteiger partial charge in [0.2, 0.25) is 11.8 Å². The third-order valence-electron chi connectivity index (χ3n) is 15.4. The Labute approximate surface area is 438 Å². The Morgan fingerprint density at radius 1 is 0.746 bits per heavy atom. The van der Waals surface area contributed by atoms with Crippen molar-refractivity contribution in [2.45, 2.75) is 152 Å². The van der Waals surface area contributed by atoms with Gasteiger partial charge in [-0.25, -0.2) is 28.2 Å². The van der Waals surface area contributed by atoms with E-state index in [9.17, 15) is 24.3 Å². The molecule has 2 aromatic carbocycles. The van der Waals surface area contributed by atoms with Gasteiger partial charge in [0.05, 0.1) is 52.0 Å². The van der Waals surface area contributed by atoms with Crippen molar-refractivity contribution in [2.24, 2.45) is 17.8 Å². The van der Waals surface area contributed by atoms with E-state index in [1.54, 1.807) is 30.9 Å². The molecule has 4 fully saturated rings. The number of carbonyl (C=O) groups excluding carboxylic acids is 5. The van der Waals surface area contributed by atoms with Crippen LogP contribution in [0.1, 0.15) is 83.3 Å². The van der Waals surface area contributed by atoms with Gasteiger partial charge in [0.1, 0.15) is 23.9 Å². The zero-order chi connectivity index (χ0) is 53.0. The fraction of sp³-hybridized carbons (Fsp3) is 0.585. The molecule has 8 rings (SSSR count). The number of carbonyl (C=O) groups is 5. The molecule has 2 aromatic rings. The molecular weight excluding hydrogens is 1010 g/mol. The van der Waals surface area contributed by atoms with Crippen LogP contribution in [0.2, 0.25) is 38.3 Å². The number of aliphatic hydroxyl groups is 1. The number of methoxy groups -OCH3 is 4. The van der Waals surface area contributed by atoms with Crippen LogP contribution in [0, 0.1) is 24.2 Å². The molecular formula is C53H77ClN2O12Si2Zn. The zero-order valence-electron chi connectivity index (χ0n) is 43.9. The number of ether oxygens (including phenoxy) is 4. The Bertz CT molecular complexity index is 2170. The first-order chi connectivity index (χ1) is 33.7. The first-order valence-corrected chi connectivity index (χ1v) is 34.7. The number of halogens is 1. The van der Waals surface area contributed by atoms with E-state index in [1.807, 2.05) is 81.3 Å². The van der Waals surface area contributed by atoms with Crippen LogP contribution in [0.3, 0.4) is 0 Å². The minimum absolute atomic E-state index is 0.0364. The van der Waals surface area contributed by atoms with Crippen LogP contribution >= 0.6 is 9.69 Å². The molecule has 4 heterocycles. The van der Waals surface area contributed by atoms with E-state index in [1.165, 1.54) is 33.5 Å². The minimum atomic E-state index is -2.19. The molecule has 8 atom stereocenters. The van der Waals surface area contributed by atoms with E-state index in [2.05, 4.69) is 44.8 Å². The molecule has 0 aromatic heterocycles. The Morgan fingerprint density at radius 3 is 1.62 bits per heavy atom. The van der Waals surface area contributed by atoms with E-state index < -0.39 is 62.9 Å². The number of nitrogens with zero attached hydrogens (tertiary/aromatic N) is 2. The molecule has 6 aliphatic rings. The Kier molecular flexibility index (Phi) is 21.4. The Hall–Kier alpha value is -3.83. The summed E-state index contributed by atoms with van der Waals surface area (Å²) in [6.07, 6.45) is 17.4. The van der Waals surface area contributed by atoms with Crippen LogP contribution in [0.4, 0.5) is 0 Å². The number of aliphatic hydroxyl groups excluding tert-OH is 1. The number of hydrogen-bond donors (Lipinski definition) is 1. The molecule has 2 aliphatic carbocycles. The van der Waals surface area contributed by atoms with Crippen molar-refractivity contribution < 1.29 is 74.2 Å². The van der Waals surface area contributed by atoms with Crippen molar-refractivity contribution in [3.63, 3.8) is 0 Å². The first-order valence-electron chi connectivity index (χ1n) is 24.5. The summed E-state index contributed by atoms with van der Waals surface area (Å²) in [6, 6.07) is 16.7. The molecule has 2 amide bonds. The number of rotatable bonds is 10. The van der Waals surface area contributed by atoms with Gasteiger partial charge in [-0.15, -0.1) is 12.8 Å². The number of allylic oxidation sites excluding steroid dienone is 3. The van der Waals surface area contributed by atoms with Gasteiger partial charge in [0.25, 0.3) is 0 Å². The third-order valence-corrected chi connectivity index (χ3v) is 20.4. The molecule has 4 saturated heterocycles. The second-order valence-electron chi connectivity index (χ2n) is 20.5. The second-order valence-corrected chi connectivity index (χ2v) is 29.0. The molecule has 1 N–H and O–H groups in total. The van der Waals surface area contributed by atoms with E-state index in [0.717, 1.165) is 72.0 Å². The number of fused-ring (bicyclic) bond motifs is 2. The van der Waals surface area contributed by atoms with Gasteiger partial charge >= 0.3 is 38.9 Å². The molecule has 388 valence electrons. The van der Waals surface area contributed by atoms with Crippen LogP contribution in [0.15, 0.2) is 72.8 Å². The maximum absolute atomic E-state index is 14.0. The van der Waals surface area contributed by atoms with Gasteiger partial charge in [-0.2, -0.15) is 0 Å². The number of likely N-dealkylation sites (tertiary alicyclic amines) is 2. The summed E-state index contributed by atoms with van der Waals surface area (Å²) < 4.78 is 34.4. The average Bonchev–Trinajstić information content (AvgIpc) is 3.67. The van der Waals surface area contributed by atoms with E-state index >= 15 is 0 Å². The molecule has 0 radical (unpaired) electrons. The molecule has 0 unspecified atom stereocenters. The predicted octanol–water partition coefficient (Wildman–Crippen LogP) is 9.07. The fourth-order valence-corrected chi connectivity index (χ4v) is 16.7. The molecule has 0 saturated carbocycles. The Balaban J connectivity index is 0.000000263. The molecule has 4 aliphatic heterocycles. The van der Waals surface area contributed by atoms with Crippen molar-refractivity contribution in [1.29, 1.82) is 0 Å². The summed E-state index contributed by atoms with van der Waals surface area (Å²) in [5, 5.41) is 12.0. The van der Waals surface area contributed by atoms with Gasteiger partial charge in [-0.1, -0.05) is 42.8 Å². The monoisotopic (exact) mass is 1090 g/mol.